The van der Waals surface area contributed by atoms with Gasteiger partial charge in [-0.2, -0.15) is 0 Å². The molecule has 0 aromatic carbocycles. The number of rotatable bonds is 6. The van der Waals surface area contributed by atoms with Crippen molar-refractivity contribution >= 4 is 30.9 Å². The summed E-state index contributed by atoms with van der Waals surface area (Å²) < 4.78 is 19.9. The number of alkyl halides is 1. The average molecular weight is 261 g/mol. The van der Waals surface area contributed by atoms with Gasteiger partial charge in [-0.1, -0.05) is 0 Å². The summed E-state index contributed by atoms with van der Waals surface area (Å²) in [5.41, 5.74) is 0. The molecule has 14 heavy (non-hydrogen) atoms. The fourth-order valence-electron chi connectivity index (χ4n) is 0.840. The first-order valence-electron chi connectivity index (χ1n) is 4.27. The summed E-state index contributed by atoms with van der Waals surface area (Å²) in [4.78, 5) is 0. The highest BCUT2D eigenvalue weighted by Crippen LogP contribution is 2.14. The Balaban J connectivity index is 0. The summed E-state index contributed by atoms with van der Waals surface area (Å²) in [6, 6.07) is 0.778. The van der Waals surface area contributed by atoms with E-state index >= 15 is 0 Å². The molecule has 0 saturated heterocycles. The number of hydrogen-bond donors (Lipinski definition) is 0. The standard InChI is InChI=1S/C6H15ClO3Si.CH6OSi/c1-8-11(9-2,10-3)6-4-5-7;1-2-3/h4-6H2,1-3H3;1,3H3. The van der Waals surface area contributed by atoms with Gasteiger partial charge in [-0.3, -0.25) is 0 Å². The number of hydrogen-bond acceptors (Lipinski definition) is 4. The van der Waals surface area contributed by atoms with E-state index in [1.165, 1.54) is 0 Å². The van der Waals surface area contributed by atoms with Crippen molar-refractivity contribution in [3.8, 4) is 0 Å². The Hall–Kier alpha value is 0.564. The zero-order chi connectivity index (χ0) is 11.4. The fraction of sp³-hybridized carbons (Fsp3) is 1.00. The molecular formula is C7H21ClO4Si2. The van der Waals surface area contributed by atoms with Crippen LogP contribution in [0.3, 0.4) is 0 Å². The molecule has 0 N–H and O–H groups in total. The molecule has 88 valence electrons. The van der Waals surface area contributed by atoms with Crippen LogP contribution in [0, 0.1) is 0 Å². The number of halogens is 1. The van der Waals surface area contributed by atoms with Crippen LogP contribution in [0.15, 0.2) is 0 Å². The van der Waals surface area contributed by atoms with E-state index in [0.29, 0.717) is 5.88 Å². The predicted octanol–water partition coefficient (Wildman–Crippen LogP) is 0.407. The topological polar surface area (TPSA) is 36.9 Å². The van der Waals surface area contributed by atoms with E-state index in [4.69, 9.17) is 24.9 Å². The van der Waals surface area contributed by atoms with E-state index in [2.05, 4.69) is 4.43 Å². The van der Waals surface area contributed by atoms with Gasteiger partial charge in [0.2, 0.25) is 0 Å². The monoisotopic (exact) mass is 260 g/mol. The van der Waals surface area contributed by atoms with E-state index in [0.717, 1.165) is 23.0 Å². The molecule has 0 radical (unpaired) electrons. The Morgan fingerprint density at radius 2 is 1.43 bits per heavy atom. The van der Waals surface area contributed by atoms with Crippen LogP contribution in [0.25, 0.3) is 0 Å². The summed E-state index contributed by atoms with van der Waals surface area (Å²) in [6.07, 6.45) is 0.864. The highest BCUT2D eigenvalue weighted by Gasteiger charge is 2.36. The maximum Gasteiger partial charge on any atom is 0.500 e. The highest BCUT2D eigenvalue weighted by molar-refractivity contribution is 6.60. The predicted molar refractivity (Wildman–Crippen MR) is 63.9 cm³/mol. The first-order valence-corrected chi connectivity index (χ1v) is 7.56. The van der Waals surface area contributed by atoms with Crippen molar-refractivity contribution in [3.63, 3.8) is 0 Å². The quantitative estimate of drug-likeness (QED) is 0.512. The lowest BCUT2D eigenvalue weighted by Gasteiger charge is -2.23. The minimum Gasteiger partial charge on any atom is -0.431 e. The second kappa shape index (κ2) is 11.6. The van der Waals surface area contributed by atoms with Crippen LogP contribution in [-0.2, 0) is 17.7 Å². The van der Waals surface area contributed by atoms with Gasteiger partial charge in [-0.05, 0) is 6.42 Å². The van der Waals surface area contributed by atoms with E-state index in [1.54, 1.807) is 28.4 Å². The van der Waals surface area contributed by atoms with Gasteiger partial charge in [0.15, 0.2) is 0 Å². The summed E-state index contributed by atoms with van der Waals surface area (Å²) in [5.74, 6) is 0.616. The van der Waals surface area contributed by atoms with Crippen molar-refractivity contribution in [2.75, 3.05) is 34.3 Å². The third-order valence-corrected chi connectivity index (χ3v) is 4.65. The largest absolute Gasteiger partial charge is 0.500 e. The van der Waals surface area contributed by atoms with Crippen LogP contribution in [0.2, 0.25) is 6.04 Å². The molecule has 0 aliphatic rings. The van der Waals surface area contributed by atoms with Crippen LogP contribution < -0.4 is 0 Å². The second-order valence-electron chi connectivity index (χ2n) is 2.50. The Morgan fingerprint density at radius 3 is 1.64 bits per heavy atom. The molecule has 0 aliphatic carbocycles. The van der Waals surface area contributed by atoms with E-state index in [9.17, 15) is 0 Å². The summed E-state index contributed by atoms with van der Waals surface area (Å²) >= 11 is 5.53. The molecule has 0 aromatic heterocycles. The van der Waals surface area contributed by atoms with Gasteiger partial charge >= 0.3 is 8.80 Å². The Kier molecular flexibility index (Phi) is 14.1. The Labute approximate surface area is 95.7 Å². The lowest BCUT2D eigenvalue weighted by atomic mass is 10.6. The molecule has 0 fully saturated rings. The summed E-state index contributed by atoms with van der Waals surface area (Å²) in [7, 11) is 5.05. The smallest absolute Gasteiger partial charge is 0.431 e. The minimum atomic E-state index is -2.32. The van der Waals surface area contributed by atoms with Gasteiger partial charge in [0.05, 0.1) is 0 Å². The molecule has 7 heteroatoms. The molecule has 0 bridgehead atoms. The molecule has 0 aromatic rings. The van der Waals surface area contributed by atoms with Crippen LogP contribution in [0.5, 0.6) is 0 Å². The summed E-state index contributed by atoms with van der Waals surface area (Å²) in [6.45, 7) is 0. The maximum absolute atomic E-state index is 5.53. The second-order valence-corrected chi connectivity index (χ2v) is 6.78. The zero-order valence-corrected chi connectivity index (χ0v) is 13.4. The van der Waals surface area contributed by atoms with Gasteiger partial charge in [0.25, 0.3) is 0 Å². The lowest BCUT2D eigenvalue weighted by Crippen LogP contribution is -2.42. The first-order chi connectivity index (χ1) is 6.66. The Morgan fingerprint density at radius 1 is 1.07 bits per heavy atom. The van der Waals surface area contributed by atoms with E-state index in [1.807, 2.05) is 0 Å². The van der Waals surface area contributed by atoms with E-state index < -0.39 is 8.80 Å². The summed E-state index contributed by atoms with van der Waals surface area (Å²) in [5, 5.41) is 0. The van der Waals surface area contributed by atoms with Gasteiger partial charge in [0, 0.05) is 40.4 Å². The third kappa shape index (κ3) is 7.92. The molecule has 4 nitrogen and oxygen atoms in total. The highest BCUT2D eigenvalue weighted by atomic mass is 35.5. The molecule has 0 rings (SSSR count). The van der Waals surface area contributed by atoms with E-state index in [-0.39, 0.29) is 0 Å². The molecule has 0 spiro atoms. The van der Waals surface area contributed by atoms with Crippen molar-refractivity contribution in [2.45, 2.75) is 12.5 Å². The molecular weight excluding hydrogens is 240 g/mol. The normalized spacial score (nSPS) is 10.9. The molecule has 0 unspecified atom stereocenters. The van der Waals surface area contributed by atoms with Crippen molar-refractivity contribution in [1.29, 1.82) is 0 Å². The Bertz CT molecular complexity index is 106. The fourth-order valence-corrected chi connectivity index (χ4v) is 2.92. The van der Waals surface area contributed by atoms with Crippen LogP contribution in [0.1, 0.15) is 6.42 Å². The lowest BCUT2D eigenvalue weighted by molar-refractivity contribution is 0.123. The average Bonchev–Trinajstić information content (AvgIpc) is 2.22. The first kappa shape index (κ1) is 17.0. The minimum absolute atomic E-state index is 0.616. The van der Waals surface area contributed by atoms with Gasteiger partial charge < -0.3 is 17.7 Å². The molecule has 0 heterocycles. The van der Waals surface area contributed by atoms with Gasteiger partial charge in [-0.25, -0.2) is 0 Å². The van der Waals surface area contributed by atoms with Crippen molar-refractivity contribution in [3.05, 3.63) is 0 Å². The van der Waals surface area contributed by atoms with Crippen molar-refractivity contribution in [2.24, 2.45) is 0 Å². The molecule has 0 saturated carbocycles. The third-order valence-electron chi connectivity index (χ3n) is 1.55. The van der Waals surface area contributed by atoms with Gasteiger partial charge in [-0.15, -0.1) is 11.6 Å². The SMILES string of the molecule is CO[SiH3].CO[Si](CCCCl)(OC)OC. The van der Waals surface area contributed by atoms with Crippen LogP contribution in [0.4, 0.5) is 0 Å². The molecule has 0 amide bonds. The molecule has 0 aliphatic heterocycles. The van der Waals surface area contributed by atoms with Crippen LogP contribution >= 0.6 is 11.6 Å². The molecule has 0 atom stereocenters. The van der Waals surface area contributed by atoms with Crippen molar-refractivity contribution in [1.82, 2.24) is 0 Å². The maximum atomic E-state index is 5.53. The van der Waals surface area contributed by atoms with Crippen LogP contribution in [-0.4, -0.2) is 53.6 Å². The van der Waals surface area contributed by atoms with Gasteiger partial charge in [0.1, 0.15) is 10.5 Å². The van der Waals surface area contributed by atoms with Crippen molar-refractivity contribution < 1.29 is 17.7 Å². The zero-order valence-electron chi connectivity index (χ0n) is 9.63.